The maximum Gasteiger partial charge on any atom is 0.548 e. The van der Waals surface area contributed by atoms with Crippen LogP contribution in [0, 0.1) is 0 Å². The summed E-state index contributed by atoms with van der Waals surface area (Å²) in [6.45, 7) is 8.43. The van der Waals surface area contributed by atoms with Gasteiger partial charge in [-0.15, -0.1) is 16.3 Å². The Bertz CT molecular complexity index is 1890. The molecule has 3 amide bonds. The number of thioether (sulfide) groups is 1. The van der Waals surface area contributed by atoms with Crippen LogP contribution in [0.1, 0.15) is 41.0 Å². The minimum atomic E-state index is -4.36. The molecule has 3 aromatic carbocycles. The van der Waals surface area contributed by atoms with Gasteiger partial charge in [0.25, 0.3) is 21.8 Å². The third-order valence-corrected chi connectivity index (χ3v) is 11.4. The molecule has 2 atom stereocenters. The Balaban J connectivity index is 1.55. The predicted octanol–water partition coefficient (Wildman–Crippen LogP) is 5.85. The third kappa shape index (κ3) is 7.46. The van der Waals surface area contributed by atoms with Crippen molar-refractivity contribution in [1.82, 2.24) is 9.21 Å². The van der Waals surface area contributed by atoms with Gasteiger partial charge >= 0.3 is 14.1 Å². The van der Waals surface area contributed by atoms with Gasteiger partial charge in [0, 0.05) is 16.2 Å². The zero-order valence-electron chi connectivity index (χ0n) is 27.1. The van der Waals surface area contributed by atoms with Gasteiger partial charge in [-0.25, -0.2) is 23.1 Å². The standard InChI is InChI=1S/C33H35N4O8PS2/c1-32(2,3)47-25-18-11-9-16-23(25)35-29(38)27(37-30(39)33(4,5)45-31(37)40)28-34-24-17-10-12-19-26(24)48(42,43)36(28)20-13-21-44-46(41)22-14-7-6-8-15-22/h6-12,14-19,27H,13,20-21H2,1-5H3/p+1. The molecule has 2 heterocycles. The minimum absolute atomic E-state index is 0.0351. The second-order valence-electron chi connectivity index (χ2n) is 12.5. The molecule has 0 aliphatic carbocycles. The normalized spacial score (nSPS) is 17.7. The van der Waals surface area contributed by atoms with E-state index < -0.39 is 47.6 Å². The van der Waals surface area contributed by atoms with Gasteiger partial charge in [-0.05, 0) is 61.2 Å². The van der Waals surface area contributed by atoms with E-state index in [9.17, 15) is 27.4 Å². The molecule has 0 saturated carbocycles. The second-order valence-corrected chi connectivity index (χ2v) is 17.4. The molecule has 0 aromatic heterocycles. The van der Waals surface area contributed by atoms with Crippen molar-refractivity contribution in [1.29, 1.82) is 0 Å². The van der Waals surface area contributed by atoms with Crippen LogP contribution in [-0.2, 0) is 33.4 Å². The molecule has 15 heteroatoms. The van der Waals surface area contributed by atoms with Gasteiger partial charge in [0.15, 0.2) is 17.5 Å². The van der Waals surface area contributed by atoms with Crippen LogP contribution in [-0.4, -0.2) is 70.9 Å². The number of nitrogens with zero attached hydrogens (tertiary/aromatic N) is 3. The van der Waals surface area contributed by atoms with E-state index in [0.29, 0.717) is 15.9 Å². The van der Waals surface area contributed by atoms with Gasteiger partial charge in [-0.3, -0.25) is 13.9 Å². The van der Waals surface area contributed by atoms with Crippen LogP contribution in [0.3, 0.4) is 0 Å². The summed E-state index contributed by atoms with van der Waals surface area (Å²) in [5, 5.41) is 3.30. The fourth-order valence-electron chi connectivity index (χ4n) is 5.05. The second kappa shape index (κ2) is 13.8. The number of rotatable bonds is 11. The van der Waals surface area contributed by atoms with Crippen LogP contribution in [0.5, 0.6) is 0 Å². The van der Waals surface area contributed by atoms with Crippen LogP contribution in [0.15, 0.2) is 93.6 Å². The number of sulfonamides is 1. The Morgan fingerprint density at radius 2 is 1.67 bits per heavy atom. The first kappa shape index (κ1) is 35.2. The summed E-state index contributed by atoms with van der Waals surface area (Å²) in [6.07, 6.45) is -1.08. The molecule has 0 bridgehead atoms. The number of amidine groups is 1. The Morgan fingerprint density at radius 1 is 1.02 bits per heavy atom. The zero-order valence-corrected chi connectivity index (χ0v) is 29.6. The smallest absolute Gasteiger partial charge is 0.433 e. The van der Waals surface area contributed by atoms with Crippen LogP contribution in [0.2, 0.25) is 0 Å². The first-order valence-corrected chi connectivity index (χ1v) is 18.5. The Morgan fingerprint density at radius 3 is 2.33 bits per heavy atom. The number of amides is 3. The molecule has 12 nitrogen and oxygen atoms in total. The quantitative estimate of drug-likeness (QED) is 0.147. The highest BCUT2D eigenvalue weighted by molar-refractivity contribution is 8.00. The Hall–Kier alpha value is -4.10. The van der Waals surface area contributed by atoms with E-state index in [1.807, 2.05) is 32.9 Å². The highest BCUT2D eigenvalue weighted by Gasteiger charge is 2.55. The number of benzene rings is 3. The van der Waals surface area contributed by atoms with E-state index >= 15 is 0 Å². The molecule has 2 aliphatic heterocycles. The summed E-state index contributed by atoms with van der Waals surface area (Å²) in [5.41, 5.74) is -1.19. The monoisotopic (exact) mass is 711 g/mol. The summed E-state index contributed by atoms with van der Waals surface area (Å²) in [4.78, 5) is 47.1. The topological polar surface area (TPSA) is 152 Å². The molecule has 0 radical (unpaired) electrons. The first-order chi connectivity index (χ1) is 22.6. The SMILES string of the molecule is CC(C)(C)Sc1ccccc1NC(=O)C(C1=Nc2ccccc2S(=O)(=O)N1CCCO[P+](=O)c1ccccc1)N1C(=O)OC(C)(C)C1=O. The number of anilines is 1. The van der Waals surface area contributed by atoms with Gasteiger partial charge in [0.05, 0.1) is 11.4 Å². The Labute approximate surface area is 284 Å². The number of carbonyl (C=O) groups is 3. The van der Waals surface area contributed by atoms with E-state index in [4.69, 9.17) is 9.26 Å². The molecule has 5 rings (SSSR count). The number of aliphatic imine (C=N–C) groups is 1. The summed E-state index contributed by atoms with van der Waals surface area (Å²) in [7, 11) is -6.57. The minimum Gasteiger partial charge on any atom is -0.433 e. The van der Waals surface area contributed by atoms with Gasteiger partial charge < -0.3 is 10.1 Å². The van der Waals surface area contributed by atoms with Crippen LogP contribution < -0.4 is 10.6 Å². The fraction of sp³-hybridized carbons (Fsp3) is 0.333. The fourth-order valence-corrected chi connectivity index (χ4v) is 8.56. The van der Waals surface area contributed by atoms with Crippen molar-refractivity contribution in [2.45, 2.75) is 67.2 Å². The van der Waals surface area contributed by atoms with Crippen LogP contribution in [0.25, 0.3) is 0 Å². The number of para-hydroxylation sites is 2. The number of nitrogens with one attached hydrogen (secondary N) is 1. The van der Waals surface area contributed by atoms with Gasteiger partial charge in [-0.1, -0.05) is 63.2 Å². The maximum absolute atomic E-state index is 14.4. The van der Waals surface area contributed by atoms with Crippen molar-refractivity contribution in [3.8, 4) is 0 Å². The number of cyclic esters (lactones) is 1. The molecule has 1 N–H and O–H groups in total. The molecule has 1 saturated heterocycles. The molecule has 252 valence electrons. The average molecular weight is 712 g/mol. The van der Waals surface area contributed by atoms with Crippen molar-refractivity contribution < 1.29 is 36.6 Å². The average Bonchev–Trinajstić information content (AvgIpc) is 3.22. The molecule has 0 spiro atoms. The first-order valence-electron chi connectivity index (χ1n) is 15.1. The summed E-state index contributed by atoms with van der Waals surface area (Å²) in [5.74, 6) is -2.09. The largest absolute Gasteiger partial charge is 0.548 e. The number of ether oxygens (including phenoxy) is 1. The Kier molecular flexibility index (Phi) is 10.1. The molecule has 3 aromatic rings. The van der Waals surface area contributed by atoms with E-state index in [1.165, 1.54) is 37.7 Å². The molecular formula is C33H36N4O8PS2+. The number of fused-ring (bicyclic) bond motifs is 1. The zero-order chi connectivity index (χ0) is 34.9. The lowest BCUT2D eigenvalue weighted by atomic mass is 10.1. The summed E-state index contributed by atoms with van der Waals surface area (Å²) in [6, 6.07) is 19.7. The van der Waals surface area contributed by atoms with Crippen molar-refractivity contribution in [3.63, 3.8) is 0 Å². The number of hydrogen-bond donors (Lipinski definition) is 1. The highest BCUT2D eigenvalue weighted by Crippen LogP contribution is 2.38. The van der Waals surface area contributed by atoms with Crippen molar-refractivity contribution >= 4 is 70.2 Å². The number of imide groups is 1. The molecule has 2 unspecified atom stereocenters. The highest BCUT2D eigenvalue weighted by atomic mass is 32.2. The van der Waals surface area contributed by atoms with Crippen molar-refractivity contribution in [2.75, 3.05) is 18.5 Å². The van der Waals surface area contributed by atoms with Crippen LogP contribution in [0.4, 0.5) is 16.2 Å². The van der Waals surface area contributed by atoms with Crippen LogP contribution >= 0.6 is 19.8 Å². The summed E-state index contributed by atoms with van der Waals surface area (Å²) < 4.78 is 52.5. The van der Waals surface area contributed by atoms with Crippen molar-refractivity contribution in [2.24, 2.45) is 4.99 Å². The van der Waals surface area contributed by atoms with Crippen molar-refractivity contribution in [3.05, 3.63) is 78.9 Å². The lowest BCUT2D eigenvalue weighted by molar-refractivity contribution is -0.137. The van der Waals surface area contributed by atoms with Gasteiger partial charge in [-0.2, -0.15) is 0 Å². The third-order valence-electron chi connectivity index (χ3n) is 7.19. The maximum atomic E-state index is 14.4. The molecule has 2 aliphatic rings. The predicted molar refractivity (Wildman–Crippen MR) is 184 cm³/mol. The number of hydrogen-bond acceptors (Lipinski definition) is 10. The van der Waals surface area contributed by atoms with E-state index in [0.717, 1.165) is 9.20 Å². The number of carbonyl (C=O) groups excluding carboxylic acids is 3. The van der Waals surface area contributed by atoms with E-state index in [2.05, 4.69) is 10.3 Å². The van der Waals surface area contributed by atoms with E-state index in [-0.39, 0.29) is 40.7 Å². The molecule has 48 heavy (non-hydrogen) atoms. The van der Waals surface area contributed by atoms with E-state index in [1.54, 1.807) is 54.6 Å². The molecule has 1 fully saturated rings. The lowest BCUT2D eigenvalue weighted by Gasteiger charge is -2.35. The molecular weight excluding hydrogens is 675 g/mol. The summed E-state index contributed by atoms with van der Waals surface area (Å²) >= 11 is 1.49. The van der Waals surface area contributed by atoms with Gasteiger partial charge in [0.2, 0.25) is 5.30 Å². The van der Waals surface area contributed by atoms with Gasteiger partial charge in [0.1, 0.15) is 11.5 Å². The lowest BCUT2D eigenvalue weighted by Crippen LogP contribution is -2.59.